The summed E-state index contributed by atoms with van der Waals surface area (Å²) in [5.41, 5.74) is 3.41. The summed E-state index contributed by atoms with van der Waals surface area (Å²) in [7, 11) is 0. The van der Waals surface area contributed by atoms with E-state index in [2.05, 4.69) is 5.10 Å². The summed E-state index contributed by atoms with van der Waals surface area (Å²) in [6, 6.07) is 16.8. The Hall–Kier alpha value is -3.61. The Labute approximate surface area is 181 Å². The summed E-state index contributed by atoms with van der Waals surface area (Å²) in [5, 5.41) is 4.57. The lowest BCUT2D eigenvalue weighted by molar-refractivity contribution is 0.0513. The topological polar surface area (TPSA) is 73.7 Å². The van der Waals surface area contributed by atoms with Crippen LogP contribution in [-0.4, -0.2) is 46.3 Å². The van der Waals surface area contributed by atoms with Crippen molar-refractivity contribution < 1.29 is 19.1 Å². The molecular weight excluding hydrogens is 394 g/mol. The third-order valence-electron chi connectivity index (χ3n) is 5.23. The van der Waals surface area contributed by atoms with Crippen LogP contribution in [0.3, 0.4) is 0 Å². The first-order chi connectivity index (χ1) is 15.1. The maximum absolute atomic E-state index is 13.1. The van der Waals surface area contributed by atoms with Gasteiger partial charge in [-0.1, -0.05) is 18.2 Å². The average Bonchev–Trinajstić information content (AvgIpc) is 3.19. The third-order valence-corrected chi connectivity index (χ3v) is 5.23. The predicted octanol–water partition coefficient (Wildman–Crippen LogP) is 3.65. The number of rotatable bonds is 6. The number of nitrogens with zero attached hydrogens (tertiary/aromatic N) is 3. The zero-order chi connectivity index (χ0) is 21.8. The fraction of sp³-hybridized carbons (Fsp3) is 0.292. The van der Waals surface area contributed by atoms with Crippen LogP contribution in [0.4, 0.5) is 0 Å². The highest BCUT2D eigenvalue weighted by Crippen LogP contribution is 2.27. The van der Waals surface area contributed by atoms with Gasteiger partial charge in [-0.25, -0.2) is 9.48 Å². The van der Waals surface area contributed by atoms with Crippen LogP contribution in [0, 0.1) is 0 Å². The van der Waals surface area contributed by atoms with E-state index < -0.39 is 5.97 Å². The molecular formula is C24H25N3O4. The van der Waals surface area contributed by atoms with Crippen molar-refractivity contribution in [3.8, 4) is 11.4 Å². The number of carbonyl (C=O) groups excluding carboxylic acids is 2. The second-order valence-corrected chi connectivity index (χ2v) is 7.18. The highest BCUT2D eigenvalue weighted by molar-refractivity contribution is 5.95. The molecule has 7 nitrogen and oxygen atoms in total. The molecule has 0 atom stereocenters. The molecule has 0 fully saturated rings. The number of carbonyl (C=O) groups is 2. The summed E-state index contributed by atoms with van der Waals surface area (Å²) in [4.78, 5) is 27.4. The molecule has 0 saturated carbocycles. The molecule has 160 valence electrons. The molecule has 1 aliphatic rings. The van der Waals surface area contributed by atoms with Gasteiger partial charge in [0.2, 0.25) is 0 Å². The summed E-state index contributed by atoms with van der Waals surface area (Å²) in [6.07, 6.45) is 0.597. The summed E-state index contributed by atoms with van der Waals surface area (Å²) < 4.78 is 12.5. The molecule has 1 amide bonds. The Morgan fingerprint density at radius 2 is 1.74 bits per heavy atom. The normalized spacial score (nSPS) is 12.9. The molecule has 0 N–H and O–H groups in total. The summed E-state index contributed by atoms with van der Waals surface area (Å²) in [6.45, 7) is 5.37. The number of para-hydroxylation sites is 1. The number of benzene rings is 2. The fourth-order valence-corrected chi connectivity index (χ4v) is 3.78. The van der Waals surface area contributed by atoms with Crippen LogP contribution in [0.1, 0.15) is 46.0 Å². The standard InChI is InChI=1S/C24H25N3O4/c1-3-30-19-12-10-17(11-13-19)23(28)26-15-14-21-20(16-26)22(24(29)31-4-2)25-27(21)18-8-6-5-7-9-18/h5-13H,3-4,14-16H2,1-2H3. The van der Waals surface area contributed by atoms with Crippen molar-refractivity contribution in [3.05, 3.63) is 77.1 Å². The second kappa shape index (κ2) is 9.04. The van der Waals surface area contributed by atoms with Gasteiger partial charge < -0.3 is 14.4 Å². The highest BCUT2D eigenvalue weighted by atomic mass is 16.5. The van der Waals surface area contributed by atoms with Crippen molar-refractivity contribution in [1.82, 2.24) is 14.7 Å². The molecule has 0 saturated heterocycles. The maximum atomic E-state index is 13.1. The van der Waals surface area contributed by atoms with Gasteiger partial charge in [0, 0.05) is 24.1 Å². The lowest BCUT2D eigenvalue weighted by Gasteiger charge is -2.28. The Balaban J connectivity index is 1.65. The second-order valence-electron chi connectivity index (χ2n) is 7.18. The first-order valence-electron chi connectivity index (χ1n) is 10.5. The van der Waals surface area contributed by atoms with Crippen LogP contribution >= 0.6 is 0 Å². The van der Waals surface area contributed by atoms with E-state index in [9.17, 15) is 9.59 Å². The van der Waals surface area contributed by atoms with Gasteiger partial charge in [0.1, 0.15) is 5.75 Å². The fourth-order valence-electron chi connectivity index (χ4n) is 3.78. The van der Waals surface area contributed by atoms with Crippen LogP contribution in [0.25, 0.3) is 5.69 Å². The van der Waals surface area contributed by atoms with E-state index in [0.29, 0.717) is 31.7 Å². The molecule has 4 rings (SSSR count). The molecule has 1 aromatic heterocycles. The van der Waals surface area contributed by atoms with Gasteiger partial charge in [0.05, 0.1) is 31.1 Å². The largest absolute Gasteiger partial charge is 0.494 e. The number of aromatic nitrogens is 2. The third kappa shape index (κ3) is 4.17. The van der Waals surface area contributed by atoms with Gasteiger partial charge in [0.25, 0.3) is 5.91 Å². The van der Waals surface area contributed by atoms with Gasteiger partial charge in [-0.15, -0.1) is 0 Å². The quantitative estimate of drug-likeness (QED) is 0.570. The first-order valence-corrected chi connectivity index (χ1v) is 10.5. The van der Waals surface area contributed by atoms with Gasteiger partial charge in [-0.05, 0) is 50.2 Å². The first kappa shape index (κ1) is 20.7. The minimum absolute atomic E-state index is 0.0871. The SMILES string of the molecule is CCOC(=O)c1nn(-c2ccccc2)c2c1CN(C(=O)c1ccc(OCC)cc1)CC2. The smallest absolute Gasteiger partial charge is 0.359 e. The van der Waals surface area contributed by atoms with E-state index in [1.165, 1.54) is 0 Å². The number of hydrogen-bond acceptors (Lipinski definition) is 5. The van der Waals surface area contributed by atoms with Crippen molar-refractivity contribution in [2.45, 2.75) is 26.8 Å². The molecule has 0 unspecified atom stereocenters. The van der Waals surface area contributed by atoms with Crippen LogP contribution in [-0.2, 0) is 17.7 Å². The van der Waals surface area contributed by atoms with Crippen molar-refractivity contribution in [3.63, 3.8) is 0 Å². The molecule has 2 heterocycles. The summed E-state index contributed by atoms with van der Waals surface area (Å²) in [5.74, 6) is 0.175. The highest BCUT2D eigenvalue weighted by Gasteiger charge is 2.31. The zero-order valence-electron chi connectivity index (χ0n) is 17.7. The number of amides is 1. The van der Waals surface area contributed by atoms with E-state index in [4.69, 9.17) is 9.47 Å². The zero-order valence-corrected chi connectivity index (χ0v) is 17.7. The molecule has 2 aromatic carbocycles. The Morgan fingerprint density at radius 1 is 1.00 bits per heavy atom. The number of ether oxygens (including phenoxy) is 2. The van der Waals surface area contributed by atoms with Gasteiger partial charge >= 0.3 is 5.97 Å². The van der Waals surface area contributed by atoms with Gasteiger partial charge in [-0.3, -0.25) is 4.79 Å². The number of hydrogen-bond donors (Lipinski definition) is 0. The van der Waals surface area contributed by atoms with E-state index in [0.717, 1.165) is 22.7 Å². The molecule has 3 aromatic rings. The number of fused-ring (bicyclic) bond motifs is 1. The minimum Gasteiger partial charge on any atom is -0.494 e. The average molecular weight is 419 g/mol. The predicted molar refractivity (Wildman–Crippen MR) is 116 cm³/mol. The van der Waals surface area contributed by atoms with Crippen molar-refractivity contribution in [2.24, 2.45) is 0 Å². The van der Waals surface area contributed by atoms with E-state index in [-0.39, 0.29) is 18.2 Å². The maximum Gasteiger partial charge on any atom is 0.359 e. The summed E-state index contributed by atoms with van der Waals surface area (Å²) >= 11 is 0. The van der Waals surface area contributed by atoms with E-state index in [1.807, 2.05) is 37.3 Å². The molecule has 0 aliphatic carbocycles. The van der Waals surface area contributed by atoms with Crippen LogP contribution in [0.2, 0.25) is 0 Å². The van der Waals surface area contributed by atoms with Crippen molar-refractivity contribution in [1.29, 1.82) is 0 Å². The Kier molecular flexibility index (Phi) is 6.02. The van der Waals surface area contributed by atoms with Crippen LogP contribution < -0.4 is 4.74 Å². The van der Waals surface area contributed by atoms with Crippen molar-refractivity contribution in [2.75, 3.05) is 19.8 Å². The molecule has 0 bridgehead atoms. The molecule has 0 spiro atoms. The molecule has 31 heavy (non-hydrogen) atoms. The molecule has 1 aliphatic heterocycles. The lowest BCUT2D eigenvalue weighted by atomic mass is 10.0. The van der Waals surface area contributed by atoms with E-state index in [1.54, 1.807) is 40.8 Å². The monoisotopic (exact) mass is 419 g/mol. The number of esters is 1. The Morgan fingerprint density at radius 3 is 2.42 bits per heavy atom. The van der Waals surface area contributed by atoms with Crippen molar-refractivity contribution >= 4 is 11.9 Å². The van der Waals surface area contributed by atoms with E-state index >= 15 is 0 Å². The van der Waals surface area contributed by atoms with Gasteiger partial charge in [0.15, 0.2) is 5.69 Å². The lowest BCUT2D eigenvalue weighted by Crippen LogP contribution is -2.36. The molecule has 0 radical (unpaired) electrons. The van der Waals surface area contributed by atoms with Crippen LogP contribution in [0.5, 0.6) is 5.75 Å². The van der Waals surface area contributed by atoms with Crippen LogP contribution in [0.15, 0.2) is 54.6 Å². The minimum atomic E-state index is -0.469. The molecule has 7 heteroatoms. The Bertz CT molecular complexity index is 1070. The van der Waals surface area contributed by atoms with Gasteiger partial charge in [-0.2, -0.15) is 5.10 Å².